The maximum Gasteiger partial charge on any atom is 0.390 e. The Morgan fingerprint density at radius 2 is 1.97 bits per heavy atom. The van der Waals surface area contributed by atoms with Crippen LogP contribution in [0.4, 0.5) is 22.0 Å². The van der Waals surface area contributed by atoms with Crippen molar-refractivity contribution >= 4 is 17.6 Å². The molecule has 1 aliphatic carbocycles. The van der Waals surface area contributed by atoms with Crippen LogP contribution in [0.1, 0.15) is 59.8 Å². The van der Waals surface area contributed by atoms with Crippen molar-refractivity contribution in [2.75, 3.05) is 0 Å². The van der Waals surface area contributed by atoms with Gasteiger partial charge in [-0.25, -0.2) is 18.3 Å². The molecule has 34 heavy (non-hydrogen) atoms. The van der Waals surface area contributed by atoms with Crippen LogP contribution in [0.2, 0.25) is 0 Å². The van der Waals surface area contributed by atoms with Crippen molar-refractivity contribution < 1.29 is 26.7 Å². The van der Waals surface area contributed by atoms with Crippen LogP contribution in [0, 0.1) is 5.92 Å². The van der Waals surface area contributed by atoms with Gasteiger partial charge in [-0.3, -0.25) is 9.48 Å². The number of nitrogens with one attached hydrogen (secondary N) is 1. The lowest BCUT2D eigenvalue weighted by atomic mass is 9.81. The summed E-state index contributed by atoms with van der Waals surface area (Å²) in [7, 11) is 0. The molecule has 1 amide bonds. The number of nitrogens with zero attached hydrogens (tertiary/aromatic N) is 5. The number of amides is 1. The maximum absolute atomic E-state index is 13.8. The Bertz CT molecular complexity index is 1170. The van der Waals surface area contributed by atoms with E-state index in [0.717, 1.165) is 10.2 Å². The van der Waals surface area contributed by atoms with Crippen molar-refractivity contribution in [3.63, 3.8) is 0 Å². The summed E-state index contributed by atoms with van der Waals surface area (Å²) in [5.74, 6) is -3.62. The number of imidazole rings is 1. The van der Waals surface area contributed by atoms with E-state index < -0.39 is 37.0 Å². The first-order chi connectivity index (χ1) is 16.0. The van der Waals surface area contributed by atoms with Crippen molar-refractivity contribution in [1.29, 1.82) is 0 Å². The van der Waals surface area contributed by atoms with Gasteiger partial charge >= 0.3 is 6.18 Å². The second-order valence-corrected chi connectivity index (χ2v) is 8.46. The summed E-state index contributed by atoms with van der Waals surface area (Å²) in [5.41, 5.74) is 1.78. The first kappa shape index (κ1) is 23.8. The predicted octanol–water partition coefficient (Wildman–Crippen LogP) is 4.82. The lowest BCUT2D eigenvalue weighted by molar-refractivity contribution is -0.137. The van der Waals surface area contributed by atoms with E-state index in [0.29, 0.717) is 11.3 Å². The Kier molecular flexibility index (Phi) is 6.41. The van der Waals surface area contributed by atoms with E-state index in [1.54, 1.807) is 24.5 Å². The maximum atomic E-state index is 13.8. The molecule has 4 rings (SSSR count). The van der Waals surface area contributed by atoms with Crippen LogP contribution in [0.3, 0.4) is 0 Å². The Balaban J connectivity index is 1.57. The van der Waals surface area contributed by atoms with Crippen LogP contribution < -0.4 is 5.32 Å². The van der Waals surface area contributed by atoms with Gasteiger partial charge in [-0.15, -0.1) is 0 Å². The van der Waals surface area contributed by atoms with E-state index in [9.17, 15) is 26.7 Å². The molecule has 0 saturated heterocycles. The predicted molar refractivity (Wildman–Crippen MR) is 113 cm³/mol. The quantitative estimate of drug-likeness (QED) is 0.490. The molecule has 1 atom stereocenters. The number of rotatable bonds is 7. The Labute approximate surface area is 191 Å². The third kappa shape index (κ3) is 5.60. The molecule has 1 saturated carbocycles. The molecule has 182 valence electrons. The van der Waals surface area contributed by atoms with Gasteiger partial charge in [-0.05, 0) is 30.4 Å². The number of carbonyl (C=O) groups is 1. The molecule has 3 heterocycles. The summed E-state index contributed by atoms with van der Waals surface area (Å²) in [6.45, 7) is 3.28. The average Bonchev–Trinajstić information content (AvgIpc) is 3.42. The van der Waals surface area contributed by atoms with Crippen LogP contribution in [0.25, 0.3) is 11.7 Å². The fourth-order valence-corrected chi connectivity index (χ4v) is 4.07. The standard InChI is InChI=1S/C22H23F5N6O/c1-2-14-9-18-30-17(13-33(18)29-10-14)19(15-3-5-21(23,24)6-4-15)31-20(34)16-11-28-32(12-16)8-7-22(25,26)27/h2,9-13,15,19H,1,3-8H2,(H,31,34)/t19-/m0/s1. The van der Waals surface area contributed by atoms with Crippen molar-refractivity contribution in [3.05, 3.63) is 54.3 Å². The highest BCUT2D eigenvalue weighted by molar-refractivity contribution is 5.94. The van der Waals surface area contributed by atoms with Crippen LogP contribution in [-0.2, 0) is 6.54 Å². The van der Waals surface area contributed by atoms with E-state index in [1.807, 2.05) is 0 Å². The highest BCUT2D eigenvalue weighted by atomic mass is 19.4. The number of halogens is 5. The minimum absolute atomic E-state index is 0.0733. The normalized spacial score (nSPS) is 17.6. The van der Waals surface area contributed by atoms with Crippen molar-refractivity contribution in [2.24, 2.45) is 5.92 Å². The van der Waals surface area contributed by atoms with Gasteiger partial charge in [0.2, 0.25) is 5.92 Å². The number of hydrogen-bond donors (Lipinski definition) is 1. The molecule has 1 fully saturated rings. The largest absolute Gasteiger partial charge is 0.390 e. The van der Waals surface area contributed by atoms with E-state index in [1.165, 1.54) is 16.9 Å². The molecule has 7 nitrogen and oxygen atoms in total. The minimum atomic E-state index is -4.34. The second kappa shape index (κ2) is 9.15. The molecule has 0 bridgehead atoms. The zero-order valence-corrected chi connectivity index (χ0v) is 18.1. The molecular formula is C22H23F5N6O. The lowest BCUT2D eigenvalue weighted by Crippen LogP contribution is -2.37. The molecule has 1 N–H and O–H groups in total. The third-order valence-corrected chi connectivity index (χ3v) is 5.95. The third-order valence-electron chi connectivity index (χ3n) is 5.95. The van der Waals surface area contributed by atoms with Gasteiger partial charge in [0.15, 0.2) is 5.65 Å². The van der Waals surface area contributed by atoms with Crippen LogP contribution in [0.15, 0.2) is 37.4 Å². The number of hydrogen-bond acceptors (Lipinski definition) is 4. The molecule has 1 aliphatic rings. The number of fused-ring (bicyclic) bond motifs is 1. The average molecular weight is 482 g/mol. The SMILES string of the molecule is C=Cc1cnn2cc([C@@H](NC(=O)c3cnn(CCC(F)(F)F)c3)C3CCC(F)(F)CC3)nc2c1. The fraction of sp³-hybridized carbons (Fsp3) is 0.455. The van der Waals surface area contributed by atoms with E-state index >= 15 is 0 Å². The van der Waals surface area contributed by atoms with Crippen molar-refractivity contribution in [2.45, 2.75) is 56.8 Å². The van der Waals surface area contributed by atoms with Gasteiger partial charge in [0.1, 0.15) is 0 Å². The van der Waals surface area contributed by atoms with Gasteiger partial charge in [-0.2, -0.15) is 23.4 Å². The van der Waals surface area contributed by atoms with Gasteiger partial charge in [-0.1, -0.05) is 12.7 Å². The molecule has 0 unspecified atom stereocenters. The first-order valence-electron chi connectivity index (χ1n) is 10.8. The van der Waals surface area contributed by atoms with E-state index in [-0.39, 0.29) is 37.2 Å². The lowest BCUT2D eigenvalue weighted by Gasteiger charge is -2.33. The molecule has 3 aromatic heterocycles. The Hall–Kier alpha value is -3.31. The smallest absolute Gasteiger partial charge is 0.343 e. The Morgan fingerprint density at radius 3 is 2.65 bits per heavy atom. The van der Waals surface area contributed by atoms with Gasteiger partial charge in [0.25, 0.3) is 5.91 Å². The Morgan fingerprint density at radius 1 is 1.24 bits per heavy atom. The van der Waals surface area contributed by atoms with Crippen molar-refractivity contribution in [1.82, 2.24) is 29.7 Å². The highest BCUT2D eigenvalue weighted by Crippen LogP contribution is 2.41. The fourth-order valence-electron chi connectivity index (χ4n) is 4.07. The number of carbonyl (C=O) groups excluding carboxylic acids is 1. The van der Waals surface area contributed by atoms with E-state index in [2.05, 4.69) is 27.1 Å². The topological polar surface area (TPSA) is 77.1 Å². The second-order valence-electron chi connectivity index (χ2n) is 8.46. The van der Waals surface area contributed by atoms with Gasteiger partial charge in [0, 0.05) is 25.6 Å². The molecule has 0 aromatic carbocycles. The van der Waals surface area contributed by atoms with Gasteiger partial charge < -0.3 is 5.32 Å². The molecular weight excluding hydrogens is 459 g/mol. The highest BCUT2D eigenvalue weighted by Gasteiger charge is 2.39. The zero-order chi connectivity index (χ0) is 24.5. The summed E-state index contributed by atoms with van der Waals surface area (Å²) < 4.78 is 67.5. The molecule has 3 aromatic rings. The molecule has 12 heteroatoms. The van der Waals surface area contributed by atoms with Crippen LogP contribution in [-0.4, -0.2) is 42.4 Å². The summed E-state index contributed by atoms with van der Waals surface area (Å²) >= 11 is 0. The van der Waals surface area contributed by atoms with Crippen molar-refractivity contribution in [3.8, 4) is 0 Å². The summed E-state index contributed by atoms with van der Waals surface area (Å²) in [5, 5.41) is 10.9. The number of aryl methyl sites for hydroxylation is 1. The first-order valence-corrected chi connectivity index (χ1v) is 10.8. The molecule has 0 spiro atoms. The number of alkyl halides is 5. The molecule has 0 aliphatic heterocycles. The summed E-state index contributed by atoms with van der Waals surface area (Å²) in [6, 6.07) is 1.07. The zero-order valence-electron chi connectivity index (χ0n) is 18.1. The number of aromatic nitrogens is 5. The summed E-state index contributed by atoms with van der Waals surface area (Å²) in [6.07, 6.45) is 1.60. The monoisotopic (exact) mass is 482 g/mol. The summed E-state index contributed by atoms with van der Waals surface area (Å²) in [4.78, 5) is 17.5. The van der Waals surface area contributed by atoms with Gasteiger partial charge in [0.05, 0.1) is 42.3 Å². The van der Waals surface area contributed by atoms with E-state index in [4.69, 9.17) is 0 Å². The van der Waals surface area contributed by atoms with Crippen LogP contribution in [0.5, 0.6) is 0 Å². The van der Waals surface area contributed by atoms with Crippen LogP contribution >= 0.6 is 0 Å². The minimum Gasteiger partial charge on any atom is -0.343 e. The molecule has 0 radical (unpaired) electrons.